The number of carbonyl (C=O) groups excluding carboxylic acids is 2. The molecule has 1 aliphatic carbocycles. The van der Waals surface area contributed by atoms with E-state index in [1.165, 1.54) is 6.26 Å². The van der Waals surface area contributed by atoms with Crippen molar-refractivity contribution in [2.24, 2.45) is 5.41 Å². The van der Waals surface area contributed by atoms with Gasteiger partial charge in [-0.2, -0.15) is 0 Å². The molecule has 1 amide bonds. The molecule has 3 aromatic carbocycles. The number of nitrogens with zero attached hydrogens (tertiary/aromatic N) is 1. The topological polar surface area (TPSA) is 84.2 Å². The molecular weight excluding hydrogens is 592 g/mol. The Labute approximate surface area is 243 Å². The number of rotatable bonds is 8. The molecule has 6 nitrogen and oxygen atoms in total. The highest BCUT2D eigenvalue weighted by Crippen LogP contribution is 2.73. The van der Waals surface area contributed by atoms with Gasteiger partial charge in [-0.25, -0.2) is 4.98 Å². The van der Waals surface area contributed by atoms with Gasteiger partial charge in [-0.1, -0.05) is 58.0 Å². The van der Waals surface area contributed by atoms with Crippen LogP contribution < -0.4 is 10.6 Å². The highest BCUT2D eigenvalue weighted by molar-refractivity contribution is 6.54. The molecule has 0 bridgehead atoms. The summed E-state index contributed by atoms with van der Waals surface area (Å²) < 4.78 is 3.90. The summed E-state index contributed by atoms with van der Waals surface area (Å²) in [6, 6.07) is 16.9. The molecule has 5 rings (SSSR count). The highest BCUT2D eigenvalue weighted by atomic mass is 35.5. The van der Waals surface area contributed by atoms with E-state index in [0.29, 0.717) is 32.9 Å². The van der Waals surface area contributed by atoms with Crippen LogP contribution in [-0.4, -0.2) is 28.1 Å². The van der Waals surface area contributed by atoms with Gasteiger partial charge in [0.25, 0.3) is 5.91 Å². The Kier molecular flexibility index (Phi) is 7.37. The van der Waals surface area contributed by atoms with Gasteiger partial charge in [-0.15, -0.1) is 0 Å². The molecule has 1 heterocycles. The van der Waals surface area contributed by atoms with Gasteiger partial charge in [0.15, 0.2) is 0 Å². The zero-order valence-corrected chi connectivity index (χ0v) is 23.1. The number of benzene rings is 3. The lowest BCUT2D eigenvalue weighted by Gasteiger charge is -2.15. The van der Waals surface area contributed by atoms with Crippen molar-refractivity contribution < 1.29 is 14.0 Å². The van der Waals surface area contributed by atoms with Crippen LogP contribution in [0.5, 0.6) is 0 Å². The second-order valence-corrected chi connectivity index (χ2v) is 11.5. The van der Waals surface area contributed by atoms with Crippen molar-refractivity contribution >= 4 is 81.6 Å². The molecular formula is C27H18Cl5N3O3. The zero-order chi connectivity index (χ0) is 27.1. The van der Waals surface area contributed by atoms with Crippen molar-refractivity contribution in [3.05, 3.63) is 99.3 Å². The van der Waals surface area contributed by atoms with E-state index < -0.39 is 21.6 Å². The number of anilines is 2. The second kappa shape index (κ2) is 10.4. The van der Waals surface area contributed by atoms with Gasteiger partial charge in [-0.3, -0.25) is 4.79 Å². The van der Waals surface area contributed by atoms with Crippen molar-refractivity contribution in [3.8, 4) is 11.5 Å². The molecule has 1 fully saturated rings. The number of hydrogen-bond acceptors (Lipinski definition) is 5. The first-order valence-electron chi connectivity index (χ1n) is 11.3. The fourth-order valence-corrected chi connectivity index (χ4v) is 6.17. The van der Waals surface area contributed by atoms with Crippen molar-refractivity contribution in [2.45, 2.75) is 10.3 Å². The number of hydrogen-bond donors (Lipinski definition) is 2. The summed E-state index contributed by atoms with van der Waals surface area (Å²) in [4.78, 5) is 29.3. The van der Waals surface area contributed by atoms with E-state index in [9.17, 15) is 9.59 Å². The van der Waals surface area contributed by atoms with E-state index in [0.717, 1.165) is 11.8 Å². The Morgan fingerprint density at radius 2 is 1.66 bits per heavy atom. The Bertz CT molecular complexity index is 1490. The van der Waals surface area contributed by atoms with Gasteiger partial charge >= 0.3 is 0 Å². The summed E-state index contributed by atoms with van der Waals surface area (Å²) in [6.45, 7) is 0.100. The molecule has 2 unspecified atom stereocenters. The summed E-state index contributed by atoms with van der Waals surface area (Å²) in [5.74, 6) is -0.462. The third kappa shape index (κ3) is 4.99. The van der Waals surface area contributed by atoms with Crippen LogP contribution in [0.2, 0.25) is 15.1 Å². The average molecular weight is 610 g/mol. The third-order valence-corrected chi connectivity index (χ3v) is 8.37. The number of nitrogens with one attached hydrogen (secondary N) is 2. The predicted octanol–water partition coefficient (Wildman–Crippen LogP) is 8.12. The number of carbonyl (C=O) groups is 2. The fourth-order valence-electron chi connectivity index (χ4n) is 4.45. The maximum absolute atomic E-state index is 13.0. The van der Waals surface area contributed by atoms with Crippen LogP contribution >= 0.6 is 58.0 Å². The van der Waals surface area contributed by atoms with E-state index in [2.05, 4.69) is 15.6 Å². The quantitative estimate of drug-likeness (QED) is 0.156. The largest absolute Gasteiger partial charge is 0.445 e. The highest BCUT2D eigenvalue weighted by Gasteiger charge is 2.76. The number of aldehydes is 1. The number of aromatic nitrogens is 1. The van der Waals surface area contributed by atoms with Crippen LogP contribution in [0, 0.1) is 5.41 Å². The SMILES string of the molecule is O=CC1(CNc2ccc(Cl)c(C(=O)Nc3ccc(-c4ncco4)cc3)c2)C(c2cc(Cl)cc(Cl)c2)C1(Cl)Cl. The second-order valence-electron chi connectivity index (χ2n) is 8.83. The number of halogens is 5. The molecule has 38 heavy (non-hydrogen) atoms. The average Bonchev–Trinajstić information content (AvgIpc) is 3.18. The molecule has 2 atom stereocenters. The van der Waals surface area contributed by atoms with Crippen LogP contribution in [0.15, 0.2) is 77.5 Å². The first kappa shape index (κ1) is 26.9. The predicted molar refractivity (Wildman–Crippen MR) is 152 cm³/mol. The lowest BCUT2D eigenvalue weighted by Crippen LogP contribution is -2.23. The molecule has 1 aromatic heterocycles. The maximum Gasteiger partial charge on any atom is 0.257 e. The first-order chi connectivity index (χ1) is 18.1. The summed E-state index contributed by atoms with van der Waals surface area (Å²) >= 11 is 31.8. The summed E-state index contributed by atoms with van der Waals surface area (Å²) in [6.07, 6.45) is 3.79. The van der Waals surface area contributed by atoms with Crippen LogP contribution in [0.4, 0.5) is 11.4 Å². The summed E-state index contributed by atoms with van der Waals surface area (Å²) in [7, 11) is 0. The summed E-state index contributed by atoms with van der Waals surface area (Å²) in [5, 5.41) is 7.08. The molecule has 0 radical (unpaired) electrons. The van der Waals surface area contributed by atoms with Crippen molar-refractivity contribution in [1.82, 2.24) is 4.98 Å². The molecule has 1 saturated carbocycles. The van der Waals surface area contributed by atoms with Crippen LogP contribution in [0.25, 0.3) is 11.5 Å². The molecule has 4 aromatic rings. The van der Waals surface area contributed by atoms with Crippen molar-refractivity contribution in [1.29, 1.82) is 0 Å². The van der Waals surface area contributed by atoms with Gasteiger partial charge in [-0.05, 0) is 66.2 Å². The lowest BCUT2D eigenvalue weighted by molar-refractivity contribution is -0.112. The van der Waals surface area contributed by atoms with Crippen molar-refractivity contribution in [2.75, 3.05) is 17.2 Å². The van der Waals surface area contributed by atoms with E-state index >= 15 is 0 Å². The Morgan fingerprint density at radius 3 is 2.29 bits per heavy atom. The van der Waals surface area contributed by atoms with E-state index in [1.54, 1.807) is 66.9 Å². The van der Waals surface area contributed by atoms with Gasteiger partial charge < -0.3 is 19.8 Å². The van der Waals surface area contributed by atoms with Crippen LogP contribution in [-0.2, 0) is 4.79 Å². The molecule has 11 heteroatoms. The minimum Gasteiger partial charge on any atom is -0.445 e. The summed E-state index contributed by atoms with van der Waals surface area (Å²) in [5.41, 5.74) is 1.65. The van der Waals surface area contributed by atoms with E-state index in [1.807, 2.05) is 0 Å². The molecule has 1 aliphatic rings. The van der Waals surface area contributed by atoms with Gasteiger partial charge in [0, 0.05) is 39.4 Å². The van der Waals surface area contributed by atoms with E-state index in [4.69, 9.17) is 62.4 Å². The monoisotopic (exact) mass is 607 g/mol. The van der Waals surface area contributed by atoms with Crippen molar-refractivity contribution in [3.63, 3.8) is 0 Å². The van der Waals surface area contributed by atoms with Gasteiger partial charge in [0.05, 0.1) is 22.2 Å². The Morgan fingerprint density at radius 1 is 0.974 bits per heavy atom. The lowest BCUT2D eigenvalue weighted by atomic mass is 10.00. The maximum atomic E-state index is 13.0. The molecule has 0 spiro atoms. The van der Waals surface area contributed by atoms with E-state index in [-0.39, 0.29) is 17.1 Å². The minimum atomic E-state index is -1.38. The number of amides is 1. The Balaban J connectivity index is 1.31. The van der Waals surface area contributed by atoms with Crippen LogP contribution in [0.1, 0.15) is 21.8 Å². The van der Waals surface area contributed by atoms with Crippen LogP contribution in [0.3, 0.4) is 0 Å². The minimum absolute atomic E-state index is 0.100. The standard InChI is InChI=1S/C27H18Cl5N3O3/c28-17-9-16(10-18(29)11-17)23-26(14-36,27(23,31)32)13-34-20-5-6-22(30)21(12-20)24(37)35-19-3-1-15(2-4-19)25-33-7-8-38-25/h1-12,14,23,34H,13H2,(H,35,37). The normalized spacial score (nSPS) is 19.6. The smallest absolute Gasteiger partial charge is 0.257 e. The molecule has 0 aliphatic heterocycles. The third-order valence-electron chi connectivity index (χ3n) is 6.46. The Hall–Kier alpha value is -2.74. The number of oxazole rings is 1. The molecule has 0 saturated heterocycles. The van der Waals surface area contributed by atoms with Gasteiger partial charge in [0.2, 0.25) is 5.89 Å². The number of alkyl halides is 2. The fraction of sp³-hybridized carbons (Fsp3) is 0.148. The first-order valence-corrected chi connectivity index (χ1v) is 13.2. The van der Waals surface area contributed by atoms with Gasteiger partial charge in [0.1, 0.15) is 16.9 Å². The molecule has 194 valence electrons. The zero-order valence-electron chi connectivity index (χ0n) is 19.4. The molecule has 2 N–H and O–H groups in total.